The summed E-state index contributed by atoms with van der Waals surface area (Å²) >= 11 is 0. The molecule has 1 fully saturated rings. The summed E-state index contributed by atoms with van der Waals surface area (Å²) in [6.45, 7) is 3.30. The largest absolute Gasteiger partial charge is 0.386 e. The molecular weight excluding hydrogens is 214 g/mol. The molecule has 2 heterocycles. The van der Waals surface area contributed by atoms with E-state index in [-0.39, 0.29) is 0 Å². The van der Waals surface area contributed by atoms with Crippen molar-refractivity contribution in [2.24, 2.45) is 0 Å². The van der Waals surface area contributed by atoms with Crippen LogP contribution in [0.25, 0.3) is 11.0 Å². The summed E-state index contributed by atoms with van der Waals surface area (Å²) in [6.07, 6.45) is 2.56. The molecule has 4 heteroatoms. The molecule has 0 amide bonds. The molecule has 1 aliphatic rings. The number of rotatable bonds is 2. The number of hydrogen-bond donors (Lipinski definition) is 1. The van der Waals surface area contributed by atoms with E-state index >= 15 is 0 Å². The molecule has 17 heavy (non-hydrogen) atoms. The van der Waals surface area contributed by atoms with Gasteiger partial charge in [0.25, 0.3) is 0 Å². The van der Waals surface area contributed by atoms with Crippen molar-refractivity contribution in [2.75, 3.05) is 18.0 Å². The number of benzene rings is 1. The number of fused-ring (bicyclic) bond motifs is 1. The van der Waals surface area contributed by atoms with Crippen molar-refractivity contribution < 1.29 is 5.11 Å². The van der Waals surface area contributed by atoms with Crippen molar-refractivity contribution in [3.05, 3.63) is 30.5 Å². The van der Waals surface area contributed by atoms with Gasteiger partial charge in [-0.3, -0.25) is 4.98 Å². The zero-order valence-electron chi connectivity index (χ0n) is 9.80. The van der Waals surface area contributed by atoms with Gasteiger partial charge in [-0.2, -0.15) is 0 Å². The maximum Gasteiger partial charge on any atom is 0.148 e. The third kappa shape index (κ3) is 1.74. The van der Waals surface area contributed by atoms with Crippen LogP contribution in [0.4, 0.5) is 5.82 Å². The molecule has 0 radical (unpaired) electrons. The molecule has 1 aliphatic heterocycles. The predicted molar refractivity (Wildman–Crippen MR) is 67.0 cm³/mol. The van der Waals surface area contributed by atoms with Crippen LogP contribution < -0.4 is 4.90 Å². The second-order valence-electron chi connectivity index (χ2n) is 4.65. The molecule has 0 atom stereocenters. The van der Waals surface area contributed by atoms with Gasteiger partial charge < -0.3 is 10.0 Å². The summed E-state index contributed by atoms with van der Waals surface area (Å²) in [5.74, 6) is 0.849. The van der Waals surface area contributed by atoms with E-state index in [2.05, 4.69) is 14.9 Å². The average Bonchev–Trinajstić information content (AvgIpc) is 2.34. The van der Waals surface area contributed by atoms with E-state index in [4.69, 9.17) is 0 Å². The monoisotopic (exact) mass is 229 g/mol. The van der Waals surface area contributed by atoms with Gasteiger partial charge in [-0.1, -0.05) is 19.1 Å². The molecule has 1 aromatic heterocycles. The van der Waals surface area contributed by atoms with Crippen molar-refractivity contribution in [3.8, 4) is 0 Å². The Bertz CT molecular complexity index is 549. The van der Waals surface area contributed by atoms with Gasteiger partial charge >= 0.3 is 0 Å². The molecular formula is C13H15N3O. The SMILES string of the molecule is CCC1(O)CN(c2cnc3ccccc3n2)C1. The summed E-state index contributed by atoms with van der Waals surface area (Å²) < 4.78 is 0. The summed E-state index contributed by atoms with van der Waals surface area (Å²) in [5.41, 5.74) is 1.27. The van der Waals surface area contributed by atoms with Crippen LogP contribution in [0, 0.1) is 0 Å². The van der Waals surface area contributed by atoms with Crippen LogP contribution in [-0.4, -0.2) is 33.8 Å². The van der Waals surface area contributed by atoms with Crippen molar-refractivity contribution >= 4 is 16.9 Å². The summed E-state index contributed by atoms with van der Waals surface area (Å²) in [4.78, 5) is 11.0. The number of aliphatic hydroxyl groups is 1. The number of hydrogen-bond acceptors (Lipinski definition) is 4. The standard InChI is InChI=1S/C13H15N3O/c1-2-13(17)8-16(9-13)12-7-14-10-5-3-4-6-11(10)15-12/h3-7,17H,2,8-9H2,1H3. The van der Waals surface area contributed by atoms with Gasteiger partial charge in [0.2, 0.25) is 0 Å². The Morgan fingerprint density at radius 2 is 2.00 bits per heavy atom. The average molecular weight is 229 g/mol. The fourth-order valence-corrected chi connectivity index (χ4v) is 2.15. The Kier molecular flexibility index (Phi) is 2.26. The van der Waals surface area contributed by atoms with E-state index in [9.17, 15) is 5.11 Å². The molecule has 4 nitrogen and oxygen atoms in total. The lowest BCUT2D eigenvalue weighted by atomic mass is 9.91. The molecule has 0 bridgehead atoms. The van der Waals surface area contributed by atoms with E-state index in [1.165, 1.54) is 0 Å². The van der Waals surface area contributed by atoms with Crippen LogP contribution in [0.2, 0.25) is 0 Å². The number of nitrogens with zero attached hydrogens (tertiary/aromatic N) is 3. The fraction of sp³-hybridized carbons (Fsp3) is 0.385. The minimum atomic E-state index is -0.534. The molecule has 0 spiro atoms. The lowest BCUT2D eigenvalue weighted by Gasteiger charge is -2.46. The molecule has 1 N–H and O–H groups in total. The van der Waals surface area contributed by atoms with Gasteiger partial charge in [0.15, 0.2) is 0 Å². The maximum absolute atomic E-state index is 9.97. The molecule has 0 aliphatic carbocycles. The zero-order chi connectivity index (χ0) is 11.9. The minimum Gasteiger partial charge on any atom is -0.386 e. The number of aromatic nitrogens is 2. The third-order valence-electron chi connectivity index (χ3n) is 3.39. The van der Waals surface area contributed by atoms with Gasteiger partial charge in [0.1, 0.15) is 5.82 Å². The summed E-state index contributed by atoms with van der Waals surface area (Å²) in [7, 11) is 0. The van der Waals surface area contributed by atoms with Gasteiger partial charge in [0.05, 0.1) is 35.9 Å². The first-order chi connectivity index (χ1) is 8.20. The highest BCUT2D eigenvalue weighted by molar-refractivity contribution is 5.75. The quantitative estimate of drug-likeness (QED) is 0.849. The van der Waals surface area contributed by atoms with Crippen molar-refractivity contribution in [1.82, 2.24) is 9.97 Å². The Morgan fingerprint density at radius 3 is 2.71 bits per heavy atom. The van der Waals surface area contributed by atoms with Crippen LogP contribution in [0.15, 0.2) is 30.5 Å². The molecule has 1 saturated heterocycles. The zero-order valence-corrected chi connectivity index (χ0v) is 9.80. The fourth-order valence-electron chi connectivity index (χ4n) is 2.15. The number of para-hydroxylation sites is 2. The summed E-state index contributed by atoms with van der Waals surface area (Å²) in [5, 5.41) is 9.97. The van der Waals surface area contributed by atoms with Crippen LogP contribution in [0.5, 0.6) is 0 Å². The van der Waals surface area contributed by atoms with Gasteiger partial charge in [0, 0.05) is 0 Å². The molecule has 1 aromatic carbocycles. The van der Waals surface area contributed by atoms with Gasteiger partial charge in [-0.05, 0) is 18.6 Å². The highest BCUT2D eigenvalue weighted by Gasteiger charge is 2.40. The first-order valence-corrected chi connectivity index (χ1v) is 5.89. The highest BCUT2D eigenvalue weighted by Crippen LogP contribution is 2.28. The second kappa shape index (κ2) is 3.67. The number of anilines is 1. The van der Waals surface area contributed by atoms with E-state index in [0.717, 1.165) is 23.3 Å². The van der Waals surface area contributed by atoms with Gasteiger partial charge in [-0.25, -0.2) is 4.98 Å². The predicted octanol–water partition coefficient (Wildman–Crippen LogP) is 1.59. The normalized spacial score (nSPS) is 18.1. The van der Waals surface area contributed by atoms with Gasteiger partial charge in [-0.15, -0.1) is 0 Å². The highest BCUT2D eigenvalue weighted by atomic mass is 16.3. The first kappa shape index (κ1) is 10.5. The smallest absolute Gasteiger partial charge is 0.148 e. The van der Waals surface area contributed by atoms with Crippen LogP contribution in [0.3, 0.4) is 0 Å². The maximum atomic E-state index is 9.97. The lowest BCUT2D eigenvalue weighted by Crippen LogP contribution is -2.61. The van der Waals surface area contributed by atoms with E-state index in [1.807, 2.05) is 31.2 Å². The Balaban J connectivity index is 1.88. The molecule has 0 saturated carbocycles. The van der Waals surface area contributed by atoms with E-state index in [0.29, 0.717) is 13.1 Å². The first-order valence-electron chi connectivity index (χ1n) is 5.89. The van der Waals surface area contributed by atoms with E-state index in [1.54, 1.807) is 6.20 Å². The van der Waals surface area contributed by atoms with Crippen LogP contribution in [-0.2, 0) is 0 Å². The van der Waals surface area contributed by atoms with E-state index < -0.39 is 5.60 Å². The van der Waals surface area contributed by atoms with Crippen LogP contribution in [0.1, 0.15) is 13.3 Å². The Labute approximate surface area is 99.9 Å². The molecule has 0 unspecified atom stereocenters. The lowest BCUT2D eigenvalue weighted by molar-refractivity contribution is 0.00806. The minimum absolute atomic E-state index is 0.534. The molecule has 88 valence electrons. The number of β-amino-alcohol motifs (C(OH)–C–C–N with tert-alkyl or cyclic N) is 1. The third-order valence-corrected chi connectivity index (χ3v) is 3.39. The van der Waals surface area contributed by atoms with Crippen molar-refractivity contribution in [2.45, 2.75) is 18.9 Å². The van der Waals surface area contributed by atoms with Crippen molar-refractivity contribution in [3.63, 3.8) is 0 Å². The Morgan fingerprint density at radius 1 is 1.29 bits per heavy atom. The molecule has 3 rings (SSSR count). The summed E-state index contributed by atoms with van der Waals surface area (Å²) in [6, 6.07) is 7.82. The topological polar surface area (TPSA) is 49.2 Å². The second-order valence-corrected chi connectivity index (χ2v) is 4.65. The molecule has 2 aromatic rings. The van der Waals surface area contributed by atoms with Crippen LogP contribution >= 0.6 is 0 Å². The Hall–Kier alpha value is -1.68. The van der Waals surface area contributed by atoms with Crippen molar-refractivity contribution in [1.29, 1.82) is 0 Å².